The van der Waals surface area contributed by atoms with Gasteiger partial charge in [0.25, 0.3) is 0 Å². The molecule has 7 heteroatoms. The summed E-state index contributed by atoms with van der Waals surface area (Å²) in [5.74, 6) is 0.145. The number of phenolic OH excluding ortho intramolecular Hbond substituents is 1. The van der Waals surface area contributed by atoms with E-state index in [2.05, 4.69) is 15.8 Å². The third-order valence-electron chi connectivity index (χ3n) is 3.07. The number of hydrogen-bond acceptors (Lipinski definition) is 4. The van der Waals surface area contributed by atoms with Crippen molar-refractivity contribution >= 4 is 23.5 Å². The molecule has 0 atom stereocenters. The molecule has 2 aromatic rings. The summed E-state index contributed by atoms with van der Waals surface area (Å²) in [6.07, 6.45) is 1.45. The van der Waals surface area contributed by atoms with Gasteiger partial charge in [-0.3, -0.25) is 5.43 Å². The Kier molecular flexibility index (Phi) is 6.51. The summed E-state index contributed by atoms with van der Waals surface area (Å²) >= 11 is 5.10. The highest BCUT2D eigenvalue weighted by molar-refractivity contribution is 7.80. The largest absolute Gasteiger partial charge is 0.504 e. The number of aromatic hydroxyl groups is 1. The lowest BCUT2D eigenvalue weighted by molar-refractivity contribution is 0.318. The van der Waals surface area contributed by atoms with E-state index in [0.717, 1.165) is 5.56 Å². The summed E-state index contributed by atoms with van der Waals surface area (Å²) in [6.45, 7) is 2.75. The van der Waals surface area contributed by atoms with E-state index in [4.69, 9.17) is 17.0 Å². The quantitative estimate of drug-likeness (QED) is 0.426. The third-order valence-corrected chi connectivity index (χ3v) is 3.30. The fraction of sp³-hybridized carbons (Fsp3) is 0.176. The van der Waals surface area contributed by atoms with E-state index in [1.807, 2.05) is 6.92 Å². The number of benzene rings is 2. The van der Waals surface area contributed by atoms with Crippen LogP contribution in [0.25, 0.3) is 0 Å². The van der Waals surface area contributed by atoms with Gasteiger partial charge in [0.15, 0.2) is 16.6 Å². The molecule has 0 bridgehead atoms. The third kappa shape index (κ3) is 5.20. The van der Waals surface area contributed by atoms with Gasteiger partial charge >= 0.3 is 0 Å². The van der Waals surface area contributed by atoms with Crippen LogP contribution >= 0.6 is 12.2 Å². The van der Waals surface area contributed by atoms with Crippen LogP contribution in [0.1, 0.15) is 18.1 Å². The van der Waals surface area contributed by atoms with Crippen LogP contribution in [-0.4, -0.2) is 23.0 Å². The summed E-state index contributed by atoms with van der Waals surface area (Å²) < 4.78 is 18.1. The standard InChI is InChI=1S/C17H18FN3O2S/c1-2-23-15-5-3-4-13(16(15)22)11-20-21-17(24)19-10-12-6-8-14(18)9-7-12/h3-9,11,22H,2,10H2,1H3,(H2,19,21,24)/b20-11+. The zero-order valence-electron chi connectivity index (χ0n) is 13.1. The first kappa shape index (κ1) is 17.7. The monoisotopic (exact) mass is 347 g/mol. The maximum Gasteiger partial charge on any atom is 0.187 e. The molecule has 0 aliphatic rings. The van der Waals surface area contributed by atoms with Crippen LogP contribution in [0.2, 0.25) is 0 Å². The van der Waals surface area contributed by atoms with E-state index in [0.29, 0.717) is 29.6 Å². The zero-order chi connectivity index (χ0) is 17.4. The molecule has 0 aliphatic carbocycles. The Hall–Kier alpha value is -2.67. The number of nitrogens with zero attached hydrogens (tertiary/aromatic N) is 1. The van der Waals surface area contributed by atoms with Crippen LogP contribution in [0.4, 0.5) is 4.39 Å². The molecule has 3 N–H and O–H groups in total. The van der Waals surface area contributed by atoms with Gasteiger partial charge in [-0.1, -0.05) is 18.2 Å². The molecule has 2 rings (SSSR count). The number of rotatable bonds is 6. The Morgan fingerprint density at radius 1 is 1.29 bits per heavy atom. The molecule has 24 heavy (non-hydrogen) atoms. The van der Waals surface area contributed by atoms with Crippen molar-refractivity contribution in [3.63, 3.8) is 0 Å². The number of thiocarbonyl (C=S) groups is 1. The maximum absolute atomic E-state index is 12.8. The van der Waals surface area contributed by atoms with Crippen molar-refractivity contribution in [1.29, 1.82) is 0 Å². The number of hydrazone groups is 1. The topological polar surface area (TPSA) is 65.9 Å². The van der Waals surface area contributed by atoms with Crippen LogP contribution in [0.5, 0.6) is 11.5 Å². The molecule has 0 saturated heterocycles. The SMILES string of the molecule is CCOc1cccc(/C=N/NC(=S)NCc2ccc(F)cc2)c1O. The first-order valence-electron chi connectivity index (χ1n) is 7.36. The number of para-hydroxylation sites is 1. The molecule has 0 fully saturated rings. The molecule has 0 radical (unpaired) electrons. The zero-order valence-corrected chi connectivity index (χ0v) is 13.9. The van der Waals surface area contributed by atoms with Crippen LogP contribution in [0, 0.1) is 5.82 Å². The highest BCUT2D eigenvalue weighted by atomic mass is 32.1. The van der Waals surface area contributed by atoms with E-state index in [1.165, 1.54) is 18.3 Å². The fourth-order valence-corrected chi connectivity index (χ4v) is 2.02. The fourth-order valence-electron chi connectivity index (χ4n) is 1.90. The lowest BCUT2D eigenvalue weighted by Crippen LogP contribution is -2.31. The van der Waals surface area contributed by atoms with Gasteiger partial charge in [-0.15, -0.1) is 0 Å². The number of phenols is 1. The van der Waals surface area contributed by atoms with Gasteiger partial charge in [0.2, 0.25) is 0 Å². The smallest absolute Gasteiger partial charge is 0.187 e. The van der Waals surface area contributed by atoms with Crippen molar-refractivity contribution in [3.8, 4) is 11.5 Å². The first-order chi connectivity index (χ1) is 11.6. The molecule has 2 aromatic carbocycles. The summed E-state index contributed by atoms with van der Waals surface area (Å²) in [4.78, 5) is 0. The van der Waals surface area contributed by atoms with Gasteiger partial charge in [-0.2, -0.15) is 5.10 Å². The van der Waals surface area contributed by atoms with E-state index in [9.17, 15) is 9.50 Å². The Morgan fingerprint density at radius 3 is 2.75 bits per heavy atom. The Balaban J connectivity index is 1.86. The Morgan fingerprint density at radius 2 is 2.04 bits per heavy atom. The number of ether oxygens (including phenoxy) is 1. The molecule has 0 heterocycles. The molecule has 5 nitrogen and oxygen atoms in total. The normalized spacial score (nSPS) is 10.6. The predicted molar refractivity (Wildman–Crippen MR) is 95.8 cm³/mol. The van der Waals surface area contributed by atoms with Crippen LogP contribution < -0.4 is 15.5 Å². The van der Waals surface area contributed by atoms with Gasteiger partial charge < -0.3 is 15.2 Å². The van der Waals surface area contributed by atoms with Crippen molar-refractivity contribution in [1.82, 2.24) is 10.7 Å². The van der Waals surface area contributed by atoms with Crippen LogP contribution in [-0.2, 0) is 6.54 Å². The average molecular weight is 347 g/mol. The summed E-state index contributed by atoms with van der Waals surface area (Å²) in [5, 5.41) is 17.3. The minimum Gasteiger partial charge on any atom is -0.504 e. The molecule has 0 spiro atoms. The van der Waals surface area contributed by atoms with E-state index in [-0.39, 0.29) is 11.6 Å². The lowest BCUT2D eigenvalue weighted by Gasteiger charge is -2.08. The van der Waals surface area contributed by atoms with Gasteiger partial charge in [0.05, 0.1) is 12.8 Å². The number of hydrogen-bond donors (Lipinski definition) is 3. The molecule has 0 aromatic heterocycles. The maximum atomic E-state index is 12.8. The lowest BCUT2D eigenvalue weighted by atomic mass is 10.2. The van der Waals surface area contributed by atoms with Gasteiger partial charge in [0, 0.05) is 12.1 Å². The van der Waals surface area contributed by atoms with Crippen LogP contribution in [0.15, 0.2) is 47.6 Å². The second-order valence-corrected chi connectivity index (χ2v) is 5.21. The molecule has 0 aliphatic heterocycles. The summed E-state index contributed by atoms with van der Waals surface area (Å²) in [7, 11) is 0. The molecule has 0 saturated carbocycles. The van der Waals surface area contributed by atoms with Crippen molar-refractivity contribution in [2.45, 2.75) is 13.5 Å². The van der Waals surface area contributed by atoms with Crippen molar-refractivity contribution in [3.05, 3.63) is 59.4 Å². The van der Waals surface area contributed by atoms with Gasteiger partial charge in [0.1, 0.15) is 5.82 Å². The Labute approximate surface area is 145 Å². The molecular formula is C17H18FN3O2S. The average Bonchev–Trinajstić information content (AvgIpc) is 2.58. The van der Waals surface area contributed by atoms with Crippen molar-refractivity contribution in [2.24, 2.45) is 5.10 Å². The van der Waals surface area contributed by atoms with E-state index < -0.39 is 0 Å². The summed E-state index contributed by atoms with van der Waals surface area (Å²) in [6, 6.07) is 11.3. The molecular weight excluding hydrogens is 329 g/mol. The second kappa shape index (κ2) is 8.83. The Bertz CT molecular complexity index is 720. The minimum absolute atomic E-state index is 0.0232. The summed E-state index contributed by atoms with van der Waals surface area (Å²) in [5.41, 5.74) is 4.06. The molecule has 0 amide bonds. The minimum atomic E-state index is -0.279. The van der Waals surface area contributed by atoms with Crippen molar-refractivity contribution < 1.29 is 14.2 Å². The second-order valence-electron chi connectivity index (χ2n) is 4.81. The predicted octanol–water partition coefficient (Wildman–Crippen LogP) is 2.93. The first-order valence-corrected chi connectivity index (χ1v) is 7.77. The molecule has 0 unspecified atom stereocenters. The number of nitrogens with one attached hydrogen (secondary N) is 2. The molecule has 126 valence electrons. The van der Waals surface area contributed by atoms with Crippen molar-refractivity contribution in [2.75, 3.05) is 6.61 Å². The van der Waals surface area contributed by atoms with E-state index >= 15 is 0 Å². The number of halogens is 1. The van der Waals surface area contributed by atoms with Gasteiger partial charge in [-0.25, -0.2) is 4.39 Å². The highest BCUT2D eigenvalue weighted by Crippen LogP contribution is 2.28. The van der Waals surface area contributed by atoms with Crippen LogP contribution in [0.3, 0.4) is 0 Å². The highest BCUT2D eigenvalue weighted by Gasteiger charge is 2.05. The van der Waals surface area contributed by atoms with E-state index in [1.54, 1.807) is 30.3 Å². The van der Waals surface area contributed by atoms with Gasteiger partial charge in [-0.05, 0) is 49.0 Å².